The molecule has 0 bridgehead atoms. The van der Waals surface area contributed by atoms with Crippen molar-refractivity contribution in [2.24, 2.45) is 5.41 Å². The molecule has 1 saturated carbocycles. The van der Waals surface area contributed by atoms with Gasteiger partial charge in [0, 0.05) is 11.5 Å². The first-order valence-electron chi connectivity index (χ1n) is 5.61. The van der Waals surface area contributed by atoms with E-state index in [4.69, 9.17) is 5.11 Å². The van der Waals surface area contributed by atoms with Crippen LogP contribution in [0.5, 0.6) is 0 Å². The van der Waals surface area contributed by atoms with Gasteiger partial charge in [0.25, 0.3) is 0 Å². The quantitative estimate of drug-likeness (QED) is 0.744. The number of nitrogens with zero attached hydrogens (tertiary/aromatic N) is 1. The van der Waals surface area contributed by atoms with Crippen molar-refractivity contribution in [3.63, 3.8) is 0 Å². The van der Waals surface area contributed by atoms with Crippen LogP contribution in [0.1, 0.15) is 43.1 Å². The first-order chi connectivity index (χ1) is 8.01. The smallest absolute Gasteiger partial charge is 0.353 e. The van der Waals surface area contributed by atoms with Gasteiger partial charge in [-0.2, -0.15) is 5.10 Å². The van der Waals surface area contributed by atoms with Gasteiger partial charge in [-0.3, -0.25) is 9.89 Å². The number of amides is 1. The summed E-state index contributed by atoms with van der Waals surface area (Å²) in [5.41, 5.74) is -0.376. The number of carboxylic acids is 1. The van der Waals surface area contributed by atoms with Gasteiger partial charge in [-0.1, -0.05) is 19.8 Å². The molecule has 92 valence electrons. The maximum absolute atomic E-state index is 12.0. The minimum absolute atomic E-state index is 0.0307. The molecule has 0 atom stereocenters. The lowest BCUT2D eigenvalue weighted by molar-refractivity contribution is -0.124. The Bertz CT molecular complexity index is 447. The molecule has 0 saturated heterocycles. The summed E-state index contributed by atoms with van der Waals surface area (Å²) < 4.78 is 0. The van der Waals surface area contributed by atoms with Crippen LogP contribution in [0.25, 0.3) is 0 Å². The van der Waals surface area contributed by atoms with Gasteiger partial charge in [0.1, 0.15) is 5.69 Å². The molecule has 2 rings (SSSR count). The van der Waals surface area contributed by atoms with Gasteiger partial charge >= 0.3 is 5.97 Å². The van der Waals surface area contributed by atoms with Gasteiger partial charge in [0.05, 0.1) is 0 Å². The van der Waals surface area contributed by atoms with E-state index >= 15 is 0 Å². The number of aromatic amines is 1. The molecule has 6 heteroatoms. The molecule has 1 aliphatic carbocycles. The van der Waals surface area contributed by atoms with Gasteiger partial charge < -0.3 is 10.4 Å². The fraction of sp³-hybridized carbons (Fsp3) is 0.545. The molecule has 0 aliphatic heterocycles. The normalized spacial score (nSPS) is 17.9. The van der Waals surface area contributed by atoms with Crippen molar-refractivity contribution >= 4 is 17.7 Å². The number of aromatic nitrogens is 2. The van der Waals surface area contributed by atoms with E-state index in [2.05, 4.69) is 15.5 Å². The Morgan fingerprint density at radius 1 is 1.47 bits per heavy atom. The molecular formula is C11H15N3O3. The second-order valence-corrected chi connectivity index (χ2v) is 4.69. The van der Waals surface area contributed by atoms with Crippen molar-refractivity contribution in [2.75, 3.05) is 5.32 Å². The SMILES string of the molecule is CC1(C(=O)Nc2cc(C(=O)O)[nH]n2)CCCC1. The number of carbonyl (C=O) groups is 2. The second kappa shape index (κ2) is 4.20. The third-order valence-electron chi connectivity index (χ3n) is 3.31. The number of carbonyl (C=O) groups excluding carboxylic acids is 1. The predicted octanol–water partition coefficient (Wildman–Crippen LogP) is 1.63. The van der Waals surface area contributed by atoms with Gasteiger partial charge in [0.15, 0.2) is 5.82 Å². The van der Waals surface area contributed by atoms with E-state index in [-0.39, 0.29) is 22.8 Å². The van der Waals surface area contributed by atoms with E-state index in [1.54, 1.807) is 0 Å². The third kappa shape index (κ3) is 2.30. The van der Waals surface area contributed by atoms with Crippen LogP contribution >= 0.6 is 0 Å². The fourth-order valence-corrected chi connectivity index (χ4v) is 2.14. The van der Waals surface area contributed by atoms with Crippen molar-refractivity contribution in [3.8, 4) is 0 Å². The van der Waals surface area contributed by atoms with E-state index in [9.17, 15) is 9.59 Å². The van der Waals surface area contributed by atoms with Crippen molar-refractivity contribution < 1.29 is 14.7 Å². The second-order valence-electron chi connectivity index (χ2n) is 4.69. The maximum atomic E-state index is 12.0. The van der Waals surface area contributed by atoms with Crippen LogP contribution in [0, 0.1) is 5.41 Å². The largest absolute Gasteiger partial charge is 0.477 e. The Balaban J connectivity index is 2.05. The predicted molar refractivity (Wildman–Crippen MR) is 60.8 cm³/mol. The molecule has 0 radical (unpaired) electrons. The molecule has 17 heavy (non-hydrogen) atoms. The summed E-state index contributed by atoms with van der Waals surface area (Å²) in [5.74, 6) is -0.913. The highest BCUT2D eigenvalue weighted by Gasteiger charge is 2.36. The molecule has 0 unspecified atom stereocenters. The van der Waals surface area contributed by atoms with Gasteiger partial charge in [-0.25, -0.2) is 4.79 Å². The number of hydrogen-bond donors (Lipinski definition) is 3. The molecule has 0 spiro atoms. The van der Waals surface area contributed by atoms with Crippen molar-refractivity contribution in [2.45, 2.75) is 32.6 Å². The highest BCUT2D eigenvalue weighted by atomic mass is 16.4. The number of carboxylic acid groups (broad SMARTS) is 1. The van der Waals surface area contributed by atoms with Crippen LogP contribution in [-0.2, 0) is 4.79 Å². The Labute approximate surface area is 98.4 Å². The van der Waals surface area contributed by atoms with Crippen molar-refractivity contribution in [3.05, 3.63) is 11.8 Å². The molecule has 1 heterocycles. The molecule has 3 N–H and O–H groups in total. The van der Waals surface area contributed by atoms with Crippen LogP contribution < -0.4 is 5.32 Å². The fourth-order valence-electron chi connectivity index (χ4n) is 2.14. The van der Waals surface area contributed by atoms with Crippen LogP contribution in [-0.4, -0.2) is 27.2 Å². The highest BCUT2D eigenvalue weighted by Crippen LogP contribution is 2.38. The lowest BCUT2D eigenvalue weighted by Gasteiger charge is -2.21. The summed E-state index contributed by atoms with van der Waals surface area (Å²) in [6.07, 6.45) is 3.86. The first kappa shape index (κ1) is 11.6. The van der Waals surface area contributed by atoms with Crippen LogP contribution in [0.3, 0.4) is 0 Å². The van der Waals surface area contributed by atoms with E-state index in [1.165, 1.54) is 6.07 Å². The zero-order valence-corrected chi connectivity index (χ0v) is 9.62. The Morgan fingerprint density at radius 2 is 2.12 bits per heavy atom. The summed E-state index contributed by atoms with van der Waals surface area (Å²) in [6, 6.07) is 1.32. The number of rotatable bonds is 3. The number of H-pyrrole nitrogens is 1. The molecule has 0 aromatic carbocycles. The number of anilines is 1. The highest BCUT2D eigenvalue weighted by molar-refractivity contribution is 5.95. The lowest BCUT2D eigenvalue weighted by Crippen LogP contribution is -2.30. The van der Waals surface area contributed by atoms with Crippen LogP contribution in [0.15, 0.2) is 6.07 Å². The maximum Gasteiger partial charge on any atom is 0.353 e. The molecule has 1 aromatic heterocycles. The van der Waals surface area contributed by atoms with Crippen LogP contribution in [0.2, 0.25) is 0 Å². The topological polar surface area (TPSA) is 95.1 Å². The summed E-state index contributed by atoms with van der Waals surface area (Å²) in [4.78, 5) is 22.6. The number of aromatic carboxylic acids is 1. The monoisotopic (exact) mass is 237 g/mol. The molecular weight excluding hydrogens is 222 g/mol. The van der Waals surface area contributed by atoms with Gasteiger partial charge in [0.2, 0.25) is 5.91 Å². The van der Waals surface area contributed by atoms with Gasteiger partial charge in [-0.05, 0) is 12.8 Å². The number of nitrogens with one attached hydrogen (secondary N) is 2. The van der Waals surface area contributed by atoms with Crippen molar-refractivity contribution in [1.29, 1.82) is 0 Å². The molecule has 1 amide bonds. The van der Waals surface area contributed by atoms with E-state index in [0.717, 1.165) is 25.7 Å². The van der Waals surface area contributed by atoms with Crippen LogP contribution in [0.4, 0.5) is 5.82 Å². The van der Waals surface area contributed by atoms with Gasteiger partial charge in [-0.15, -0.1) is 0 Å². The molecule has 1 aliphatic rings. The van der Waals surface area contributed by atoms with Crippen molar-refractivity contribution in [1.82, 2.24) is 10.2 Å². The average molecular weight is 237 g/mol. The summed E-state index contributed by atoms with van der Waals surface area (Å²) in [7, 11) is 0. The van der Waals surface area contributed by atoms with E-state index < -0.39 is 5.97 Å². The third-order valence-corrected chi connectivity index (χ3v) is 3.31. The Kier molecular flexibility index (Phi) is 2.87. The Morgan fingerprint density at radius 3 is 2.65 bits per heavy atom. The Hall–Kier alpha value is -1.85. The molecule has 1 aromatic rings. The first-order valence-corrected chi connectivity index (χ1v) is 5.61. The zero-order chi connectivity index (χ0) is 12.5. The summed E-state index contributed by atoms with van der Waals surface area (Å²) in [6.45, 7) is 1.93. The lowest BCUT2D eigenvalue weighted by atomic mass is 9.88. The molecule has 6 nitrogen and oxygen atoms in total. The summed E-state index contributed by atoms with van der Waals surface area (Å²) in [5, 5.41) is 17.5. The minimum Gasteiger partial charge on any atom is -0.477 e. The zero-order valence-electron chi connectivity index (χ0n) is 9.62. The average Bonchev–Trinajstić information content (AvgIpc) is 2.88. The molecule has 1 fully saturated rings. The van der Waals surface area contributed by atoms with E-state index in [1.807, 2.05) is 6.92 Å². The standard InChI is InChI=1S/C11H15N3O3/c1-11(4-2-3-5-11)10(17)12-8-6-7(9(15)16)13-14-8/h6H,2-5H2,1H3,(H,15,16)(H2,12,13,14,17). The van der Waals surface area contributed by atoms with E-state index in [0.29, 0.717) is 0 Å². The number of hydrogen-bond acceptors (Lipinski definition) is 3. The minimum atomic E-state index is -1.09. The summed E-state index contributed by atoms with van der Waals surface area (Å²) >= 11 is 0.